The molecule has 0 spiro atoms. The molecule has 130 valence electrons. The Hall–Kier alpha value is -0.950. The molecule has 0 radical (unpaired) electrons. The molecule has 4 atom stereocenters. The van der Waals surface area contributed by atoms with Crippen molar-refractivity contribution < 1.29 is 26.9 Å². The maximum Gasteiger partial charge on any atom is 0.309 e. The van der Waals surface area contributed by atoms with E-state index in [2.05, 4.69) is 0 Å². The van der Waals surface area contributed by atoms with Gasteiger partial charge in [0.2, 0.25) is 0 Å². The van der Waals surface area contributed by atoms with Gasteiger partial charge >= 0.3 is 5.97 Å². The van der Waals surface area contributed by atoms with Crippen molar-refractivity contribution >= 4 is 21.9 Å². The molecule has 1 heterocycles. The summed E-state index contributed by atoms with van der Waals surface area (Å²) in [6.45, 7) is 5.57. The van der Waals surface area contributed by atoms with Crippen molar-refractivity contribution in [2.24, 2.45) is 22.7 Å². The van der Waals surface area contributed by atoms with Gasteiger partial charge in [0.1, 0.15) is 18.5 Å². The molecule has 0 aromatic heterocycles. The van der Waals surface area contributed by atoms with Crippen LogP contribution in [0, 0.1) is 22.7 Å². The van der Waals surface area contributed by atoms with Crippen LogP contribution in [-0.4, -0.2) is 38.6 Å². The van der Waals surface area contributed by atoms with Crippen LogP contribution in [0.3, 0.4) is 0 Å². The van der Waals surface area contributed by atoms with Crippen LogP contribution in [0.5, 0.6) is 0 Å². The van der Waals surface area contributed by atoms with E-state index in [9.17, 15) is 18.0 Å². The molecule has 3 aliphatic rings. The average Bonchev–Trinajstić information content (AvgIpc) is 2.94. The Kier molecular flexibility index (Phi) is 3.87. The molecular formula is C16H24O6S. The molecule has 1 saturated heterocycles. The Balaban J connectivity index is 1.67. The zero-order chi connectivity index (χ0) is 17.0. The molecule has 2 bridgehead atoms. The van der Waals surface area contributed by atoms with Gasteiger partial charge in [-0.25, -0.2) is 0 Å². The van der Waals surface area contributed by atoms with E-state index in [1.807, 2.05) is 13.8 Å². The van der Waals surface area contributed by atoms with Crippen LogP contribution in [-0.2, 0) is 28.6 Å². The molecule has 2 saturated carbocycles. The number of hydrogen-bond acceptors (Lipinski definition) is 6. The van der Waals surface area contributed by atoms with E-state index in [0.29, 0.717) is 19.3 Å². The lowest BCUT2D eigenvalue weighted by Crippen LogP contribution is -2.42. The quantitative estimate of drug-likeness (QED) is 0.557. The number of hydrogen-bond donors (Lipinski definition) is 0. The number of carbonyl (C=O) groups is 2. The van der Waals surface area contributed by atoms with Gasteiger partial charge in [0, 0.05) is 6.42 Å². The molecule has 2 unspecified atom stereocenters. The van der Waals surface area contributed by atoms with E-state index < -0.39 is 21.6 Å². The van der Waals surface area contributed by atoms with Crippen LogP contribution in [0.2, 0.25) is 0 Å². The molecule has 3 fully saturated rings. The standard InChI is InChI=1S/C16H24O6S/c1-10-6-12(22-14(10)18)8-21-23(19,20)9-16-5-4-11(7-13(16)17)15(16,2)3/h10-12H,4-9H2,1-3H3/t10?,11-,12?,16-/m1/s1. The van der Waals surface area contributed by atoms with Crippen LogP contribution in [0.1, 0.15) is 46.5 Å². The van der Waals surface area contributed by atoms with Gasteiger partial charge in [-0.15, -0.1) is 0 Å². The summed E-state index contributed by atoms with van der Waals surface area (Å²) in [5.41, 5.74) is -1.13. The Bertz CT molecular complexity index is 637. The summed E-state index contributed by atoms with van der Waals surface area (Å²) in [6.07, 6.45) is 1.92. The largest absolute Gasteiger partial charge is 0.460 e. The topological polar surface area (TPSA) is 86.7 Å². The van der Waals surface area contributed by atoms with Crippen LogP contribution < -0.4 is 0 Å². The Morgan fingerprint density at radius 1 is 1.30 bits per heavy atom. The summed E-state index contributed by atoms with van der Waals surface area (Å²) < 4.78 is 35.0. The first-order valence-corrected chi connectivity index (χ1v) is 9.76. The van der Waals surface area contributed by atoms with Crippen molar-refractivity contribution in [1.82, 2.24) is 0 Å². The van der Waals surface area contributed by atoms with Gasteiger partial charge in [-0.3, -0.25) is 13.8 Å². The lowest BCUT2D eigenvalue weighted by Gasteiger charge is -2.35. The summed E-state index contributed by atoms with van der Waals surface area (Å²) >= 11 is 0. The van der Waals surface area contributed by atoms with Crippen LogP contribution in [0.15, 0.2) is 0 Å². The number of ether oxygens (including phenoxy) is 1. The first kappa shape index (κ1) is 16.9. The number of rotatable bonds is 5. The van der Waals surface area contributed by atoms with Gasteiger partial charge < -0.3 is 4.74 Å². The molecule has 0 aromatic rings. The van der Waals surface area contributed by atoms with Gasteiger partial charge in [-0.2, -0.15) is 8.42 Å². The lowest BCUT2D eigenvalue weighted by atomic mass is 9.70. The molecule has 2 aliphatic carbocycles. The molecule has 23 heavy (non-hydrogen) atoms. The molecule has 0 N–H and O–H groups in total. The summed E-state index contributed by atoms with van der Waals surface area (Å²) in [5, 5.41) is 0. The van der Waals surface area contributed by atoms with Crippen LogP contribution >= 0.6 is 0 Å². The molecule has 0 aromatic carbocycles. The highest BCUT2D eigenvalue weighted by molar-refractivity contribution is 7.86. The zero-order valence-electron chi connectivity index (χ0n) is 13.8. The van der Waals surface area contributed by atoms with Gasteiger partial charge in [0.15, 0.2) is 0 Å². The number of fused-ring (bicyclic) bond motifs is 2. The maximum atomic E-state index is 12.4. The third-order valence-corrected chi connectivity index (χ3v) is 7.64. The Morgan fingerprint density at radius 2 is 2.00 bits per heavy atom. The zero-order valence-corrected chi connectivity index (χ0v) is 14.6. The van der Waals surface area contributed by atoms with Gasteiger partial charge in [-0.05, 0) is 30.6 Å². The Labute approximate surface area is 137 Å². The molecule has 6 nitrogen and oxygen atoms in total. The fraction of sp³-hybridized carbons (Fsp3) is 0.875. The van der Waals surface area contributed by atoms with E-state index in [1.165, 1.54) is 0 Å². The molecule has 7 heteroatoms. The minimum absolute atomic E-state index is 0.0480. The van der Waals surface area contributed by atoms with E-state index in [4.69, 9.17) is 8.92 Å². The van der Waals surface area contributed by atoms with Crippen molar-refractivity contribution in [2.75, 3.05) is 12.4 Å². The first-order chi connectivity index (χ1) is 10.6. The SMILES string of the molecule is CC1CC(COS(=O)(=O)C[C@]23CC[C@H](CC2=O)C3(C)C)OC1=O. The Morgan fingerprint density at radius 3 is 2.48 bits per heavy atom. The highest BCUT2D eigenvalue weighted by Gasteiger charge is 2.65. The fourth-order valence-corrected chi connectivity index (χ4v) is 6.28. The molecular weight excluding hydrogens is 320 g/mol. The monoisotopic (exact) mass is 344 g/mol. The predicted molar refractivity (Wildman–Crippen MR) is 82.0 cm³/mol. The number of cyclic esters (lactones) is 1. The summed E-state index contributed by atoms with van der Waals surface area (Å²) in [5.74, 6) is -0.497. The normalized spacial score (nSPS) is 39.0. The first-order valence-electron chi connectivity index (χ1n) is 8.18. The summed E-state index contributed by atoms with van der Waals surface area (Å²) in [4.78, 5) is 23.8. The molecule has 0 amide bonds. The molecule has 3 rings (SSSR count). The lowest BCUT2D eigenvalue weighted by molar-refractivity contribution is -0.144. The fourth-order valence-electron chi connectivity index (χ4n) is 4.55. The third-order valence-electron chi connectivity index (χ3n) is 6.30. The second-order valence-electron chi connectivity index (χ2n) is 7.85. The van der Waals surface area contributed by atoms with Gasteiger partial charge in [0.25, 0.3) is 10.1 Å². The van der Waals surface area contributed by atoms with Crippen LogP contribution in [0.4, 0.5) is 0 Å². The minimum Gasteiger partial charge on any atom is -0.460 e. The second kappa shape index (κ2) is 5.28. The van der Waals surface area contributed by atoms with Crippen molar-refractivity contribution in [3.8, 4) is 0 Å². The summed E-state index contributed by atoms with van der Waals surface area (Å²) in [7, 11) is -3.85. The number of ketones is 1. The smallest absolute Gasteiger partial charge is 0.309 e. The van der Waals surface area contributed by atoms with Gasteiger partial charge in [-0.1, -0.05) is 20.8 Å². The van der Waals surface area contributed by atoms with E-state index in [0.717, 1.165) is 6.42 Å². The van der Waals surface area contributed by atoms with Crippen molar-refractivity contribution in [3.05, 3.63) is 0 Å². The highest BCUT2D eigenvalue weighted by Crippen LogP contribution is 2.64. The highest BCUT2D eigenvalue weighted by atomic mass is 32.2. The van der Waals surface area contributed by atoms with Crippen molar-refractivity contribution in [3.63, 3.8) is 0 Å². The van der Waals surface area contributed by atoms with Crippen LogP contribution in [0.25, 0.3) is 0 Å². The predicted octanol–water partition coefficient (Wildman–Crippen LogP) is 1.68. The number of carbonyl (C=O) groups excluding carboxylic acids is 2. The minimum atomic E-state index is -3.85. The number of esters is 1. The van der Waals surface area contributed by atoms with Crippen molar-refractivity contribution in [2.45, 2.75) is 52.6 Å². The van der Waals surface area contributed by atoms with E-state index >= 15 is 0 Å². The number of Topliss-reactive ketones (excluding diaryl/α,β-unsaturated/α-hetero) is 1. The average molecular weight is 344 g/mol. The van der Waals surface area contributed by atoms with E-state index in [-0.39, 0.29) is 41.4 Å². The molecule has 1 aliphatic heterocycles. The van der Waals surface area contributed by atoms with Gasteiger partial charge in [0.05, 0.1) is 17.1 Å². The third kappa shape index (κ3) is 2.61. The summed E-state index contributed by atoms with van der Waals surface area (Å²) in [6, 6.07) is 0. The van der Waals surface area contributed by atoms with E-state index in [1.54, 1.807) is 6.92 Å². The maximum absolute atomic E-state index is 12.4. The second-order valence-corrected chi connectivity index (χ2v) is 9.49. The van der Waals surface area contributed by atoms with Crippen molar-refractivity contribution in [1.29, 1.82) is 0 Å².